The standard InChI is InChI=1S/C30H35F3N4O2/c1-19(2)34-28(38)22-7-11-25(12-8-22)37-26-15-20(17-36-14-13-30(32,33)18-36)3-4-23(26)16-27(37)35-29(39)21-5-9-24(31)10-6-21/h3-6,9-10,15,19,22,25H,7-8,11-14,16-18H2,1-2H3,(H,34,38). The van der Waals surface area contributed by atoms with Crippen LogP contribution < -0.4 is 10.2 Å². The van der Waals surface area contributed by atoms with Crippen LogP contribution in [-0.4, -0.2) is 53.6 Å². The molecule has 1 saturated heterocycles. The van der Waals surface area contributed by atoms with E-state index in [4.69, 9.17) is 0 Å². The number of benzene rings is 2. The minimum atomic E-state index is -2.65. The number of amides is 2. The molecular weight excluding hydrogens is 505 g/mol. The van der Waals surface area contributed by atoms with Gasteiger partial charge >= 0.3 is 0 Å². The number of amidine groups is 1. The summed E-state index contributed by atoms with van der Waals surface area (Å²) in [6.07, 6.45) is 3.34. The van der Waals surface area contributed by atoms with Gasteiger partial charge < -0.3 is 10.2 Å². The van der Waals surface area contributed by atoms with E-state index in [2.05, 4.69) is 15.2 Å². The van der Waals surface area contributed by atoms with E-state index in [1.165, 1.54) is 24.3 Å². The summed E-state index contributed by atoms with van der Waals surface area (Å²) in [7, 11) is 0. The van der Waals surface area contributed by atoms with Crippen molar-refractivity contribution in [2.75, 3.05) is 18.0 Å². The molecule has 208 valence electrons. The lowest BCUT2D eigenvalue weighted by molar-refractivity contribution is -0.126. The third kappa shape index (κ3) is 6.35. The Labute approximate surface area is 227 Å². The average molecular weight is 541 g/mol. The summed E-state index contributed by atoms with van der Waals surface area (Å²) in [6, 6.07) is 11.5. The molecule has 2 heterocycles. The van der Waals surface area contributed by atoms with Gasteiger partial charge in [0.05, 0.1) is 6.54 Å². The van der Waals surface area contributed by atoms with Crippen molar-refractivity contribution in [3.63, 3.8) is 0 Å². The van der Waals surface area contributed by atoms with Crippen molar-refractivity contribution in [1.29, 1.82) is 0 Å². The molecule has 5 rings (SSSR count). The second kappa shape index (κ2) is 11.1. The molecule has 0 aromatic heterocycles. The molecule has 39 heavy (non-hydrogen) atoms. The first kappa shape index (κ1) is 27.4. The number of likely N-dealkylation sites (tertiary alicyclic amines) is 1. The summed E-state index contributed by atoms with van der Waals surface area (Å²) in [6.45, 7) is 4.45. The Kier molecular flexibility index (Phi) is 7.80. The van der Waals surface area contributed by atoms with Crippen molar-refractivity contribution in [3.8, 4) is 0 Å². The molecule has 0 spiro atoms. The Morgan fingerprint density at radius 3 is 2.44 bits per heavy atom. The van der Waals surface area contributed by atoms with E-state index < -0.39 is 17.6 Å². The lowest BCUT2D eigenvalue weighted by atomic mass is 9.84. The molecule has 1 aliphatic carbocycles. The van der Waals surface area contributed by atoms with Crippen molar-refractivity contribution in [2.45, 2.75) is 76.9 Å². The summed E-state index contributed by atoms with van der Waals surface area (Å²) in [5.74, 6) is -2.85. The van der Waals surface area contributed by atoms with E-state index in [0.717, 1.165) is 42.5 Å². The summed E-state index contributed by atoms with van der Waals surface area (Å²) in [4.78, 5) is 34.0. The van der Waals surface area contributed by atoms with Crippen LogP contribution in [0.15, 0.2) is 47.5 Å². The molecule has 6 nitrogen and oxygen atoms in total. The number of nitrogens with one attached hydrogen (secondary N) is 1. The number of alkyl halides is 2. The van der Waals surface area contributed by atoms with Gasteiger partial charge in [-0.3, -0.25) is 14.5 Å². The zero-order chi connectivity index (χ0) is 27.7. The quantitative estimate of drug-likeness (QED) is 0.537. The van der Waals surface area contributed by atoms with E-state index in [-0.39, 0.29) is 36.9 Å². The zero-order valence-electron chi connectivity index (χ0n) is 22.4. The first-order chi connectivity index (χ1) is 18.6. The van der Waals surface area contributed by atoms with Gasteiger partial charge in [-0.2, -0.15) is 4.99 Å². The van der Waals surface area contributed by atoms with Crippen LogP contribution in [0.2, 0.25) is 0 Å². The number of carbonyl (C=O) groups excluding carboxylic acids is 2. The zero-order valence-corrected chi connectivity index (χ0v) is 22.4. The SMILES string of the molecule is CC(C)NC(=O)C1CCC(N2C(=NC(=O)c3ccc(F)cc3)Cc3ccc(CN4CCC(F)(F)C4)cc32)CC1. The monoisotopic (exact) mass is 540 g/mol. The van der Waals surface area contributed by atoms with Crippen molar-refractivity contribution < 1.29 is 22.8 Å². The van der Waals surface area contributed by atoms with Crippen LogP contribution in [-0.2, 0) is 17.8 Å². The number of carbonyl (C=O) groups is 2. The number of hydrogen-bond donors (Lipinski definition) is 1. The van der Waals surface area contributed by atoms with Gasteiger partial charge in [0.15, 0.2) is 0 Å². The summed E-state index contributed by atoms with van der Waals surface area (Å²) in [5.41, 5.74) is 3.21. The lowest BCUT2D eigenvalue weighted by Crippen LogP contribution is -2.44. The maximum Gasteiger partial charge on any atom is 0.278 e. The molecule has 0 unspecified atom stereocenters. The van der Waals surface area contributed by atoms with Crippen LogP contribution in [0.4, 0.5) is 18.9 Å². The maximum atomic E-state index is 13.8. The average Bonchev–Trinajstić information content (AvgIpc) is 3.42. The van der Waals surface area contributed by atoms with E-state index in [9.17, 15) is 22.8 Å². The molecule has 1 saturated carbocycles. The molecule has 2 aromatic rings. The third-order valence-electron chi connectivity index (χ3n) is 7.88. The Hall–Kier alpha value is -3.20. The Balaban J connectivity index is 1.40. The molecule has 3 aliphatic rings. The highest BCUT2D eigenvalue weighted by Crippen LogP contribution is 2.38. The summed E-state index contributed by atoms with van der Waals surface area (Å²) >= 11 is 0. The van der Waals surface area contributed by atoms with Gasteiger partial charge in [0.25, 0.3) is 11.8 Å². The molecule has 0 bridgehead atoms. The minimum Gasteiger partial charge on any atom is -0.354 e. The Bertz CT molecular complexity index is 1250. The van der Waals surface area contributed by atoms with Crippen LogP contribution >= 0.6 is 0 Å². The summed E-state index contributed by atoms with van der Waals surface area (Å²) in [5, 5.41) is 3.01. The van der Waals surface area contributed by atoms with Gasteiger partial charge in [-0.25, -0.2) is 13.2 Å². The van der Waals surface area contributed by atoms with Crippen LogP contribution in [0.25, 0.3) is 0 Å². The topological polar surface area (TPSA) is 65.0 Å². The fourth-order valence-electron chi connectivity index (χ4n) is 5.95. The number of nitrogens with zero attached hydrogens (tertiary/aromatic N) is 3. The van der Waals surface area contributed by atoms with Gasteiger partial charge in [-0.1, -0.05) is 12.1 Å². The largest absolute Gasteiger partial charge is 0.354 e. The fourth-order valence-corrected chi connectivity index (χ4v) is 5.95. The number of halogens is 3. The number of fused-ring (bicyclic) bond motifs is 1. The van der Waals surface area contributed by atoms with Gasteiger partial charge in [0.2, 0.25) is 5.91 Å². The Morgan fingerprint density at radius 2 is 1.79 bits per heavy atom. The fraction of sp³-hybridized carbons (Fsp3) is 0.500. The molecule has 2 amide bonds. The molecule has 0 radical (unpaired) electrons. The predicted molar refractivity (Wildman–Crippen MR) is 145 cm³/mol. The van der Waals surface area contributed by atoms with Gasteiger partial charge in [-0.05, 0) is 81.0 Å². The lowest BCUT2D eigenvalue weighted by Gasteiger charge is -2.36. The van der Waals surface area contributed by atoms with Crippen LogP contribution in [0.1, 0.15) is 67.4 Å². The Morgan fingerprint density at radius 1 is 1.08 bits per heavy atom. The number of anilines is 1. The van der Waals surface area contributed by atoms with Crippen molar-refractivity contribution in [2.24, 2.45) is 10.9 Å². The highest BCUT2D eigenvalue weighted by molar-refractivity contribution is 6.12. The highest BCUT2D eigenvalue weighted by atomic mass is 19.3. The van der Waals surface area contributed by atoms with E-state index in [0.29, 0.717) is 30.9 Å². The van der Waals surface area contributed by atoms with Crippen LogP contribution in [0, 0.1) is 11.7 Å². The highest BCUT2D eigenvalue weighted by Gasteiger charge is 2.39. The van der Waals surface area contributed by atoms with Gasteiger partial charge in [0, 0.05) is 55.2 Å². The van der Waals surface area contributed by atoms with Crippen LogP contribution in [0.5, 0.6) is 0 Å². The van der Waals surface area contributed by atoms with Gasteiger partial charge in [0.1, 0.15) is 11.7 Å². The van der Waals surface area contributed by atoms with Crippen LogP contribution in [0.3, 0.4) is 0 Å². The van der Waals surface area contributed by atoms with E-state index in [1.807, 2.05) is 32.0 Å². The first-order valence-corrected chi connectivity index (χ1v) is 13.8. The molecule has 2 aromatic carbocycles. The number of aliphatic imine (C=N–C) groups is 1. The summed E-state index contributed by atoms with van der Waals surface area (Å²) < 4.78 is 40.9. The molecule has 1 N–H and O–H groups in total. The molecule has 2 aliphatic heterocycles. The third-order valence-corrected chi connectivity index (χ3v) is 7.88. The minimum absolute atomic E-state index is 0.0462. The molecule has 2 fully saturated rings. The van der Waals surface area contributed by atoms with E-state index in [1.54, 1.807) is 4.90 Å². The molecular formula is C30H35F3N4O2. The van der Waals surface area contributed by atoms with Gasteiger partial charge in [-0.15, -0.1) is 0 Å². The van der Waals surface area contributed by atoms with Crippen molar-refractivity contribution >= 4 is 23.3 Å². The normalized spacial score (nSPS) is 23.8. The predicted octanol–water partition coefficient (Wildman–Crippen LogP) is 5.35. The molecule has 0 atom stereocenters. The molecule has 9 heteroatoms. The van der Waals surface area contributed by atoms with Crippen molar-refractivity contribution in [3.05, 3.63) is 65.0 Å². The maximum absolute atomic E-state index is 13.8. The number of hydrogen-bond acceptors (Lipinski definition) is 3. The van der Waals surface area contributed by atoms with Crippen molar-refractivity contribution in [1.82, 2.24) is 10.2 Å². The van der Waals surface area contributed by atoms with E-state index >= 15 is 0 Å². The second-order valence-electron chi connectivity index (χ2n) is 11.3. The second-order valence-corrected chi connectivity index (χ2v) is 11.3. The smallest absolute Gasteiger partial charge is 0.278 e. The number of rotatable bonds is 6. The first-order valence-electron chi connectivity index (χ1n) is 13.8.